The van der Waals surface area contributed by atoms with Gasteiger partial charge in [-0.05, 0) is 25.3 Å². The van der Waals surface area contributed by atoms with Crippen LogP contribution in [0.15, 0.2) is 0 Å². The van der Waals surface area contributed by atoms with Crippen molar-refractivity contribution in [3.05, 3.63) is 0 Å². The first-order chi connectivity index (χ1) is 8.54. The average Bonchev–Trinajstić information content (AvgIpc) is 2.33. The lowest BCUT2D eigenvalue weighted by Gasteiger charge is -2.31. The molecule has 1 fully saturated rings. The highest BCUT2D eigenvalue weighted by Gasteiger charge is 2.28. The molecule has 3 N–H and O–H groups in total. The van der Waals surface area contributed by atoms with Gasteiger partial charge in [0.15, 0.2) is 0 Å². The number of rotatable bonds is 6. The van der Waals surface area contributed by atoms with Crippen LogP contribution in [0.1, 0.15) is 33.1 Å². The highest BCUT2D eigenvalue weighted by atomic mass is 16.2. The van der Waals surface area contributed by atoms with Crippen molar-refractivity contribution in [1.82, 2.24) is 10.2 Å². The minimum Gasteiger partial charge on any atom is -0.368 e. The minimum atomic E-state index is -0.434. The van der Waals surface area contributed by atoms with Gasteiger partial charge in [-0.15, -0.1) is 0 Å². The first-order valence-corrected chi connectivity index (χ1v) is 6.82. The molecule has 2 unspecified atom stereocenters. The van der Waals surface area contributed by atoms with Crippen molar-refractivity contribution < 1.29 is 9.59 Å². The number of carbonyl (C=O) groups is 2. The molecular weight excluding hydrogens is 230 g/mol. The standard InChI is InChI=1S/C13H25N3O2/c1-3-4-5-16(9-12(14)17)13(18)11-6-10(2)7-15-8-11/h10-11,15H,3-9H2,1-2H3,(H2,14,17). The normalized spacial score (nSPS) is 23.7. The fourth-order valence-corrected chi connectivity index (χ4v) is 2.41. The minimum absolute atomic E-state index is 0.00930. The SMILES string of the molecule is CCCCN(CC(N)=O)C(=O)C1CNCC(C)C1. The topological polar surface area (TPSA) is 75.4 Å². The van der Waals surface area contributed by atoms with Crippen LogP contribution in [0.4, 0.5) is 0 Å². The predicted molar refractivity (Wildman–Crippen MR) is 70.8 cm³/mol. The molecule has 0 bridgehead atoms. The van der Waals surface area contributed by atoms with Crippen LogP contribution in [0.3, 0.4) is 0 Å². The van der Waals surface area contributed by atoms with Crippen LogP contribution in [-0.4, -0.2) is 42.9 Å². The summed E-state index contributed by atoms with van der Waals surface area (Å²) in [4.78, 5) is 25.0. The molecule has 5 heteroatoms. The van der Waals surface area contributed by atoms with E-state index in [1.165, 1.54) is 0 Å². The zero-order chi connectivity index (χ0) is 13.5. The molecule has 0 spiro atoms. The van der Waals surface area contributed by atoms with E-state index in [0.717, 1.165) is 25.8 Å². The molecular formula is C13H25N3O2. The van der Waals surface area contributed by atoms with Gasteiger partial charge in [-0.1, -0.05) is 20.3 Å². The smallest absolute Gasteiger partial charge is 0.237 e. The van der Waals surface area contributed by atoms with E-state index in [4.69, 9.17) is 5.73 Å². The van der Waals surface area contributed by atoms with E-state index in [9.17, 15) is 9.59 Å². The van der Waals surface area contributed by atoms with Crippen LogP contribution >= 0.6 is 0 Å². The summed E-state index contributed by atoms with van der Waals surface area (Å²) in [5, 5.41) is 3.27. The number of carbonyl (C=O) groups excluding carboxylic acids is 2. The number of unbranched alkanes of at least 4 members (excludes halogenated alkanes) is 1. The number of nitrogens with zero attached hydrogens (tertiary/aromatic N) is 1. The lowest BCUT2D eigenvalue weighted by atomic mass is 9.90. The average molecular weight is 255 g/mol. The van der Waals surface area contributed by atoms with Gasteiger partial charge in [-0.2, -0.15) is 0 Å². The van der Waals surface area contributed by atoms with Crippen molar-refractivity contribution in [2.45, 2.75) is 33.1 Å². The number of hydrogen-bond donors (Lipinski definition) is 2. The van der Waals surface area contributed by atoms with Gasteiger partial charge in [0.1, 0.15) is 0 Å². The Morgan fingerprint density at radius 1 is 1.39 bits per heavy atom. The summed E-state index contributed by atoms with van der Waals surface area (Å²) in [6.45, 7) is 6.56. The van der Waals surface area contributed by atoms with Gasteiger partial charge in [-0.3, -0.25) is 9.59 Å². The van der Waals surface area contributed by atoms with Crippen molar-refractivity contribution in [3.63, 3.8) is 0 Å². The van der Waals surface area contributed by atoms with Crippen LogP contribution in [0.5, 0.6) is 0 Å². The van der Waals surface area contributed by atoms with Crippen molar-refractivity contribution in [3.8, 4) is 0 Å². The van der Waals surface area contributed by atoms with Gasteiger partial charge < -0.3 is 16.0 Å². The van der Waals surface area contributed by atoms with Gasteiger partial charge >= 0.3 is 0 Å². The Labute approximate surface area is 109 Å². The molecule has 104 valence electrons. The van der Waals surface area contributed by atoms with E-state index in [1.54, 1.807) is 4.90 Å². The third kappa shape index (κ3) is 4.64. The first-order valence-electron chi connectivity index (χ1n) is 6.82. The lowest BCUT2D eigenvalue weighted by molar-refractivity contribution is -0.139. The fourth-order valence-electron chi connectivity index (χ4n) is 2.41. The molecule has 1 saturated heterocycles. The number of nitrogens with two attached hydrogens (primary N) is 1. The number of hydrogen-bond acceptors (Lipinski definition) is 3. The van der Waals surface area contributed by atoms with E-state index in [0.29, 0.717) is 19.0 Å². The van der Waals surface area contributed by atoms with E-state index >= 15 is 0 Å². The summed E-state index contributed by atoms with van der Waals surface area (Å²) >= 11 is 0. The summed E-state index contributed by atoms with van der Waals surface area (Å²) in [5.41, 5.74) is 5.21. The van der Waals surface area contributed by atoms with Crippen molar-refractivity contribution in [1.29, 1.82) is 0 Å². The second-order valence-corrected chi connectivity index (χ2v) is 5.28. The Balaban J connectivity index is 2.58. The highest BCUT2D eigenvalue weighted by molar-refractivity contribution is 5.85. The Morgan fingerprint density at radius 2 is 2.11 bits per heavy atom. The second kappa shape index (κ2) is 7.36. The largest absolute Gasteiger partial charge is 0.368 e. The van der Waals surface area contributed by atoms with Gasteiger partial charge in [-0.25, -0.2) is 0 Å². The first kappa shape index (κ1) is 15.0. The predicted octanol–water partition coefficient (Wildman–Crippen LogP) is 0.346. The molecule has 0 saturated carbocycles. The molecule has 0 aromatic heterocycles. The zero-order valence-electron chi connectivity index (χ0n) is 11.4. The highest BCUT2D eigenvalue weighted by Crippen LogP contribution is 2.18. The molecule has 0 aromatic carbocycles. The monoisotopic (exact) mass is 255 g/mol. The Bertz CT molecular complexity index is 294. The summed E-state index contributed by atoms with van der Waals surface area (Å²) in [7, 11) is 0. The molecule has 1 rings (SSSR count). The lowest BCUT2D eigenvalue weighted by Crippen LogP contribution is -2.47. The Kier molecular flexibility index (Phi) is 6.12. The van der Waals surface area contributed by atoms with Crippen LogP contribution in [0.2, 0.25) is 0 Å². The van der Waals surface area contributed by atoms with E-state index in [-0.39, 0.29) is 18.4 Å². The van der Waals surface area contributed by atoms with Crippen LogP contribution in [-0.2, 0) is 9.59 Å². The van der Waals surface area contributed by atoms with Crippen molar-refractivity contribution >= 4 is 11.8 Å². The zero-order valence-corrected chi connectivity index (χ0v) is 11.4. The van der Waals surface area contributed by atoms with Gasteiger partial charge in [0.05, 0.1) is 12.5 Å². The molecule has 0 aliphatic carbocycles. The molecule has 1 aliphatic heterocycles. The van der Waals surface area contributed by atoms with E-state index in [2.05, 4.69) is 19.2 Å². The Hall–Kier alpha value is -1.10. The number of nitrogens with one attached hydrogen (secondary N) is 1. The van der Waals surface area contributed by atoms with Gasteiger partial charge in [0.25, 0.3) is 0 Å². The van der Waals surface area contributed by atoms with Crippen molar-refractivity contribution in [2.24, 2.45) is 17.6 Å². The maximum atomic E-state index is 12.4. The maximum absolute atomic E-state index is 12.4. The third-order valence-corrected chi connectivity index (χ3v) is 3.36. The molecule has 2 amide bonds. The molecule has 2 atom stereocenters. The molecule has 18 heavy (non-hydrogen) atoms. The number of amides is 2. The quantitative estimate of drug-likeness (QED) is 0.719. The maximum Gasteiger partial charge on any atom is 0.237 e. The summed E-state index contributed by atoms with van der Waals surface area (Å²) in [6, 6.07) is 0. The van der Waals surface area contributed by atoms with Crippen LogP contribution < -0.4 is 11.1 Å². The van der Waals surface area contributed by atoms with E-state index in [1.807, 2.05) is 0 Å². The molecule has 5 nitrogen and oxygen atoms in total. The van der Waals surface area contributed by atoms with Crippen molar-refractivity contribution in [2.75, 3.05) is 26.2 Å². The summed E-state index contributed by atoms with van der Waals surface area (Å²) in [5.74, 6) is 0.136. The second-order valence-electron chi connectivity index (χ2n) is 5.28. The molecule has 1 heterocycles. The molecule has 1 aliphatic rings. The van der Waals surface area contributed by atoms with Crippen LogP contribution in [0.25, 0.3) is 0 Å². The summed E-state index contributed by atoms with van der Waals surface area (Å²) < 4.78 is 0. The summed E-state index contributed by atoms with van der Waals surface area (Å²) in [6.07, 6.45) is 2.81. The molecule has 0 radical (unpaired) electrons. The number of primary amides is 1. The third-order valence-electron chi connectivity index (χ3n) is 3.36. The Morgan fingerprint density at radius 3 is 2.67 bits per heavy atom. The fraction of sp³-hybridized carbons (Fsp3) is 0.846. The van der Waals surface area contributed by atoms with Gasteiger partial charge in [0.2, 0.25) is 11.8 Å². The van der Waals surface area contributed by atoms with Crippen LogP contribution in [0, 0.1) is 11.8 Å². The van der Waals surface area contributed by atoms with Gasteiger partial charge in [0, 0.05) is 13.1 Å². The van der Waals surface area contributed by atoms with E-state index < -0.39 is 5.91 Å². The molecule has 0 aromatic rings. The number of piperidine rings is 1.